The van der Waals surface area contributed by atoms with Crippen LogP contribution in [0.5, 0.6) is 0 Å². The van der Waals surface area contributed by atoms with Gasteiger partial charge in [-0.2, -0.15) is 0 Å². The van der Waals surface area contributed by atoms with E-state index in [9.17, 15) is 14.3 Å². The topological polar surface area (TPSA) is 43.8 Å². The molecule has 1 spiro atoms. The summed E-state index contributed by atoms with van der Waals surface area (Å²) in [5, 5.41) is 10.2. The minimum atomic E-state index is -0.465. The maximum atomic E-state index is 14.2. The molecule has 1 saturated carbocycles. The monoisotopic (exact) mass is 408 g/mol. The van der Waals surface area contributed by atoms with Gasteiger partial charge in [0.05, 0.1) is 17.7 Å². The average Bonchev–Trinajstić information content (AvgIpc) is 3.24. The number of nitrogens with zero attached hydrogens (tertiary/aromatic N) is 2. The summed E-state index contributed by atoms with van der Waals surface area (Å²) in [6, 6.07) is 16.6. The molecule has 0 unspecified atom stereocenters. The zero-order valence-corrected chi connectivity index (χ0v) is 17.2. The molecule has 0 radical (unpaired) electrons. The lowest BCUT2D eigenvalue weighted by molar-refractivity contribution is -0.183. The number of amides is 1. The fourth-order valence-electron chi connectivity index (χ4n) is 6.09. The van der Waals surface area contributed by atoms with Gasteiger partial charge in [0, 0.05) is 31.6 Å². The first kappa shape index (κ1) is 19.7. The van der Waals surface area contributed by atoms with Gasteiger partial charge in [-0.1, -0.05) is 55.3 Å². The fourth-order valence-corrected chi connectivity index (χ4v) is 6.09. The molecule has 158 valence electrons. The van der Waals surface area contributed by atoms with Crippen LogP contribution >= 0.6 is 0 Å². The van der Waals surface area contributed by atoms with Crippen LogP contribution < -0.4 is 0 Å². The van der Waals surface area contributed by atoms with Crippen LogP contribution in [0, 0.1) is 11.7 Å². The van der Waals surface area contributed by atoms with Crippen molar-refractivity contribution < 1.29 is 14.3 Å². The molecule has 30 heavy (non-hydrogen) atoms. The first-order valence-corrected chi connectivity index (χ1v) is 11.1. The Hall–Kier alpha value is -2.24. The Labute approximate surface area is 177 Å². The van der Waals surface area contributed by atoms with Crippen molar-refractivity contribution in [1.82, 2.24) is 9.80 Å². The van der Waals surface area contributed by atoms with Gasteiger partial charge >= 0.3 is 0 Å². The summed E-state index contributed by atoms with van der Waals surface area (Å²) >= 11 is 0. The lowest BCUT2D eigenvalue weighted by atomic mass is 9.60. The second-order valence-corrected chi connectivity index (χ2v) is 9.19. The second-order valence-electron chi connectivity index (χ2n) is 9.19. The maximum Gasteiger partial charge on any atom is 0.256 e. The van der Waals surface area contributed by atoms with Gasteiger partial charge in [0.2, 0.25) is 0 Å². The van der Waals surface area contributed by atoms with Crippen molar-refractivity contribution in [3.8, 4) is 0 Å². The minimum absolute atomic E-state index is 0.0821. The Bertz CT molecular complexity index is 906. The Kier molecular flexibility index (Phi) is 5.11. The summed E-state index contributed by atoms with van der Waals surface area (Å²) < 4.78 is 14.2. The first-order chi connectivity index (χ1) is 14.6. The zero-order chi connectivity index (χ0) is 20.7. The smallest absolute Gasteiger partial charge is 0.256 e. The average molecular weight is 409 g/mol. The molecule has 2 atom stereocenters. The number of rotatable bonds is 5. The Morgan fingerprint density at radius 3 is 2.37 bits per heavy atom. The lowest BCUT2D eigenvalue weighted by Gasteiger charge is -2.71. The van der Waals surface area contributed by atoms with Crippen LogP contribution in [0.3, 0.4) is 0 Å². The summed E-state index contributed by atoms with van der Waals surface area (Å²) in [5.41, 5.74) is 1.21. The Balaban J connectivity index is 1.41. The van der Waals surface area contributed by atoms with Crippen molar-refractivity contribution in [2.24, 2.45) is 5.92 Å². The second kappa shape index (κ2) is 7.78. The zero-order valence-electron chi connectivity index (χ0n) is 17.2. The fraction of sp³-hybridized carbons (Fsp3) is 0.480. The van der Waals surface area contributed by atoms with Gasteiger partial charge in [0.25, 0.3) is 5.91 Å². The number of carbonyl (C=O) groups is 1. The van der Waals surface area contributed by atoms with Gasteiger partial charge in [-0.05, 0) is 36.5 Å². The van der Waals surface area contributed by atoms with Crippen LogP contribution in [0.4, 0.5) is 4.39 Å². The van der Waals surface area contributed by atoms with Gasteiger partial charge in [0.15, 0.2) is 0 Å². The minimum Gasteiger partial charge on any atom is -0.395 e. The summed E-state index contributed by atoms with van der Waals surface area (Å²) in [6.45, 7) is 2.28. The van der Waals surface area contributed by atoms with Crippen molar-refractivity contribution in [1.29, 1.82) is 0 Å². The van der Waals surface area contributed by atoms with E-state index in [1.807, 2.05) is 18.2 Å². The molecule has 5 heteroatoms. The highest BCUT2D eigenvalue weighted by Gasteiger charge is 2.66. The highest BCUT2D eigenvalue weighted by Crippen LogP contribution is 2.54. The Morgan fingerprint density at radius 2 is 1.70 bits per heavy atom. The molecule has 3 aliphatic rings. The number of hydrogen-bond donors (Lipinski definition) is 1. The molecule has 0 aromatic heterocycles. The molecule has 2 aromatic carbocycles. The molecule has 2 aromatic rings. The normalized spacial score (nSPS) is 25.9. The van der Waals surface area contributed by atoms with Gasteiger partial charge in [0.1, 0.15) is 5.82 Å². The van der Waals surface area contributed by atoms with E-state index in [4.69, 9.17) is 0 Å². The van der Waals surface area contributed by atoms with Crippen LogP contribution in [0.2, 0.25) is 0 Å². The van der Waals surface area contributed by atoms with E-state index in [0.29, 0.717) is 19.0 Å². The van der Waals surface area contributed by atoms with E-state index in [2.05, 4.69) is 17.0 Å². The van der Waals surface area contributed by atoms with E-state index < -0.39 is 5.82 Å². The van der Waals surface area contributed by atoms with E-state index in [1.165, 1.54) is 37.3 Å². The summed E-state index contributed by atoms with van der Waals surface area (Å²) in [6.07, 6.45) is 5.07. The first-order valence-electron chi connectivity index (χ1n) is 11.1. The van der Waals surface area contributed by atoms with Crippen LogP contribution in [0.25, 0.3) is 0 Å². The summed E-state index contributed by atoms with van der Waals surface area (Å²) in [7, 11) is 0. The van der Waals surface area contributed by atoms with Crippen molar-refractivity contribution in [3.63, 3.8) is 0 Å². The van der Waals surface area contributed by atoms with Crippen LogP contribution in [0.15, 0.2) is 54.6 Å². The van der Waals surface area contributed by atoms with Crippen molar-refractivity contribution >= 4 is 5.91 Å². The molecule has 4 nitrogen and oxygen atoms in total. The molecule has 0 bridgehead atoms. The molecule has 2 heterocycles. The number of carbonyl (C=O) groups excluding carboxylic acids is 1. The number of halogens is 1. The third kappa shape index (κ3) is 3.07. The molecular formula is C25H29FN2O2. The number of hydrogen-bond acceptors (Lipinski definition) is 3. The van der Waals surface area contributed by atoms with Crippen molar-refractivity contribution in [2.45, 2.75) is 43.2 Å². The summed E-state index contributed by atoms with van der Waals surface area (Å²) in [4.78, 5) is 17.2. The van der Waals surface area contributed by atoms with E-state index in [-0.39, 0.29) is 35.6 Å². The third-order valence-corrected chi connectivity index (χ3v) is 7.53. The Morgan fingerprint density at radius 1 is 1.03 bits per heavy atom. The van der Waals surface area contributed by atoms with E-state index in [0.717, 1.165) is 6.54 Å². The number of benzene rings is 2. The largest absolute Gasteiger partial charge is 0.395 e. The van der Waals surface area contributed by atoms with Crippen LogP contribution in [0.1, 0.15) is 47.5 Å². The van der Waals surface area contributed by atoms with Gasteiger partial charge < -0.3 is 10.0 Å². The van der Waals surface area contributed by atoms with Crippen molar-refractivity contribution in [3.05, 3.63) is 71.5 Å². The standard InChI is InChI=1S/C25H29FN2O2/c26-21-13-7-6-12-20(21)24(30)27-16-25(17-27)23(19-10-2-1-3-11-19)22(15-29)28(25)14-18-8-4-5-9-18/h1-3,6-7,10-13,18,22-23,29H,4-5,8-9,14-17H2/t22-,23+/m1/s1. The van der Waals surface area contributed by atoms with Crippen LogP contribution in [-0.2, 0) is 0 Å². The predicted octanol–water partition coefficient (Wildman–Crippen LogP) is 3.67. The highest BCUT2D eigenvalue weighted by molar-refractivity contribution is 5.95. The molecule has 5 rings (SSSR count). The number of likely N-dealkylation sites (tertiary alicyclic amines) is 2. The molecule has 2 saturated heterocycles. The lowest BCUT2D eigenvalue weighted by Crippen LogP contribution is -2.85. The quantitative estimate of drug-likeness (QED) is 0.821. The van der Waals surface area contributed by atoms with Gasteiger partial charge in [-0.3, -0.25) is 9.69 Å². The van der Waals surface area contributed by atoms with E-state index >= 15 is 0 Å². The highest BCUT2D eigenvalue weighted by atomic mass is 19.1. The molecule has 1 aliphatic carbocycles. The SMILES string of the molecule is O=C(c1ccccc1F)N1CC2(C1)[C@@H](c1ccccc1)[C@@H](CO)N2CC1CCCC1. The molecule has 3 fully saturated rings. The van der Waals surface area contributed by atoms with Gasteiger partial charge in [-0.25, -0.2) is 4.39 Å². The molecular weight excluding hydrogens is 379 g/mol. The maximum absolute atomic E-state index is 14.2. The molecule has 1 N–H and O–H groups in total. The van der Waals surface area contributed by atoms with E-state index in [1.54, 1.807) is 23.1 Å². The molecule has 2 aliphatic heterocycles. The van der Waals surface area contributed by atoms with Gasteiger partial charge in [-0.15, -0.1) is 0 Å². The number of aliphatic hydroxyl groups is 1. The van der Waals surface area contributed by atoms with Crippen LogP contribution in [-0.4, -0.2) is 58.6 Å². The van der Waals surface area contributed by atoms with Crippen molar-refractivity contribution in [2.75, 3.05) is 26.2 Å². The predicted molar refractivity (Wildman–Crippen MR) is 114 cm³/mol. The third-order valence-electron chi connectivity index (χ3n) is 7.53. The molecule has 1 amide bonds. The number of aliphatic hydroxyl groups excluding tert-OH is 1. The summed E-state index contributed by atoms with van der Waals surface area (Å²) in [5.74, 6) is 0.158.